The van der Waals surface area contributed by atoms with E-state index in [1.807, 2.05) is 12.1 Å². The number of nitrogens with one attached hydrogen (secondary N) is 1. The van der Waals surface area contributed by atoms with Crippen molar-refractivity contribution in [3.63, 3.8) is 0 Å². The van der Waals surface area contributed by atoms with Gasteiger partial charge in [0, 0.05) is 11.1 Å². The summed E-state index contributed by atoms with van der Waals surface area (Å²) >= 11 is 0. The van der Waals surface area contributed by atoms with Crippen molar-refractivity contribution in [2.24, 2.45) is 0 Å². The van der Waals surface area contributed by atoms with Gasteiger partial charge >= 0.3 is 17.1 Å². The molecule has 7 heteroatoms. The molecule has 118 valence electrons. The first-order valence-electron chi connectivity index (χ1n) is 7.12. The number of hydrogen-bond donors (Lipinski definition) is 2. The average Bonchev–Trinajstić information content (AvgIpc) is 2.51. The minimum atomic E-state index is -0.805. The average molecular weight is 313 g/mol. The van der Waals surface area contributed by atoms with Gasteiger partial charge in [0.05, 0.1) is 17.6 Å². The number of rotatable bonds is 3. The minimum Gasteiger partial charge on any atom is -0.465 e. The smallest absolute Gasteiger partial charge is 0.326 e. The van der Waals surface area contributed by atoms with Crippen LogP contribution in [-0.4, -0.2) is 22.1 Å². The predicted molar refractivity (Wildman–Crippen MR) is 87.4 cm³/mol. The normalized spacial score (nSPS) is 11.0. The summed E-state index contributed by atoms with van der Waals surface area (Å²) in [6.45, 7) is 1.54. The summed E-state index contributed by atoms with van der Waals surface area (Å²) in [5, 5.41) is 1.52. The number of H-pyrrole nitrogens is 1. The van der Waals surface area contributed by atoms with E-state index in [-0.39, 0.29) is 13.2 Å². The Bertz CT molecular complexity index is 1030. The molecule has 0 aliphatic rings. The van der Waals surface area contributed by atoms with Gasteiger partial charge in [-0.3, -0.25) is 19.0 Å². The van der Waals surface area contributed by atoms with Crippen LogP contribution in [0.3, 0.4) is 0 Å². The fourth-order valence-electron chi connectivity index (χ4n) is 2.60. The van der Waals surface area contributed by atoms with Gasteiger partial charge in [-0.25, -0.2) is 0 Å². The SMILES string of the molecule is CCOC(=O)Cn1c(=O)c(=O)[nH]c2ccc3ccc(N)cc3c21. The van der Waals surface area contributed by atoms with E-state index >= 15 is 0 Å². The van der Waals surface area contributed by atoms with Crippen molar-refractivity contribution in [2.45, 2.75) is 13.5 Å². The second-order valence-electron chi connectivity index (χ2n) is 5.09. The number of nitrogens with zero attached hydrogens (tertiary/aromatic N) is 1. The number of benzene rings is 2. The third-order valence-corrected chi connectivity index (χ3v) is 3.57. The Labute approximate surface area is 130 Å². The zero-order chi connectivity index (χ0) is 16.6. The van der Waals surface area contributed by atoms with Gasteiger partial charge < -0.3 is 15.5 Å². The van der Waals surface area contributed by atoms with E-state index in [4.69, 9.17) is 10.5 Å². The lowest BCUT2D eigenvalue weighted by Crippen LogP contribution is -2.38. The first-order chi connectivity index (χ1) is 11.0. The van der Waals surface area contributed by atoms with E-state index < -0.39 is 17.1 Å². The van der Waals surface area contributed by atoms with E-state index in [0.29, 0.717) is 22.1 Å². The Balaban J connectivity index is 2.41. The Morgan fingerprint density at radius 2 is 2.00 bits per heavy atom. The van der Waals surface area contributed by atoms with Crippen LogP contribution in [0, 0.1) is 0 Å². The van der Waals surface area contributed by atoms with Gasteiger partial charge in [0.25, 0.3) is 0 Å². The van der Waals surface area contributed by atoms with Crippen LogP contribution in [-0.2, 0) is 16.1 Å². The maximum atomic E-state index is 12.2. The maximum Gasteiger partial charge on any atom is 0.326 e. The van der Waals surface area contributed by atoms with Crippen molar-refractivity contribution >= 4 is 33.5 Å². The molecule has 0 aliphatic heterocycles. The van der Waals surface area contributed by atoms with Crippen molar-refractivity contribution < 1.29 is 9.53 Å². The molecule has 2 aromatic carbocycles. The second kappa shape index (κ2) is 5.60. The standard InChI is InChI=1S/C16H15N3O4/c1-2-23-13(20)8-19-14-11-7-10(17)5-3-9(11)4-6-12(14)18-15(21)16(19)22/h3-7H,2,8,17H2,1H3,(H,18,21). The highest BCUT2D eigenvalue weighted by Gasteiger charge is 2.14. The number of carbonyl (C=O) groups excluding carboxylic acids is 1. The summed E-state index contributed by atoms with van der Waals surface area (Å²) in [6.07, 6.45) is 0. The molecule has 0 unspecified atom stereocenters. The van der Waals surface area contributed by atoms with Gasteiger partial charge in [0.15, 0.2) is 0 Å². The number of aromatic nitrogens is 2. The van der Waals surface area contributed by atoms with Crippen molar-refractivity contribution in [3.8, 4) is 0 Å². The van der Waals surface area contributed by atoms with E-state index in [1.165, 1.54) is 0 Å². The minimum absolute atomic E-state index is 0.197. The largest absolute Gasteiger partial charge is 0.465 e. The quantitative estimate of drug-likeness (QED) is 0.324. The molecule has 0 saturated heterocycles. The van der Waals surface area contributed by atoms with Crippen LogP contribution in [0.5, 0.6) is 0 Å². The lowest BCUT2D eigenvalue weighted by Gasteiger charge is -2.12. The van der Waals surface area contributed by atoms with Crippen LogP contribution < -0.4 is 16.9 Å². The molecule has 1 heterocycles. The monoisotopic (exact) mass is 313 g/mol. The van der Waals surface area contributed by atoms with Crippen LogP contribution >= 0.6 is 0 Å². The molecule has 0 amide bonds. The molecule has 3 N–H and O–H groups in total. The van der Waals surface area contributed by atoms with Gasteiger partial charge in [-0.15, -0.1) is 0 Å². The van der Waals surface area contributed by atoms with E-state index in [9.17, 15) is 14.4 Å². The fraction of sp³-hybridized carbons (Fsp3) is 0.188. The first kappa shape index (κ1) is 14.8. The molecular formula is C16H15N3O4. The van der Waals surface area contributed by atoms with Crippen LogP contribution in [0.25, 0.3) is 21.8 Å². The van der Waals surface area contributed by atoms with Crippen molar-refractivity contribution in [2.75, 3.05) is 12.3 Å². The van der Waals surface area contributed by atoms with Gasteiger partial charge in [0.2, 0.25) is 0 Å². The van der Waals surface area contributed by atoms with E-state index in [2.05, 4.69) is 4.98 Å². The summed E-state index contributed by atoms with van der Waals surface area (Å²) in [7, 11) is 0. The molecule has 0 atom stereocenters. The molecule has 0 bridgehead atoms. The Morgan fingerprint density at radius 1 is 1.26 bits per heavy atom. The van der Waals surface area contributed by atoms with Crippen LogP contribution in [0.1, 0.15) is 6.92 Å². The molecule has 23 heavy (non-hydrogen) atoms. The summed E-state index contributed by atoms with van der Waals surface area (Å²) in [5.74, 6) is -0.581. The number of aromatic amines is 1. The predicted octanol–water partition coefficient (Wildman–Crippen LogP) is 0.988. The molecule has 3 rings (SSSR count). The zero-order valence-corrected chi connectivity index (χ0v) is 12.5. The molecule has 7 nitrogen and oxygen atoms in total. The molecule has 1 aromatic heterocycles. The van der Waals surface area contributed by atoms with E-state index in [1.54, 1.807) is 25.1 Å². The maximum absolute atomic E-state index is 12.2. The highest BCUT2D eigenvalue weighted by atomic mass is 16.5. The summed E-state index contributed by atoms with van der Waals surface area (Å²) in [4.78, 5) is 38.4. The number of ether oxygens (including phenoxy) is 1. The molecule has 0 spiro atoms. The second-order valence-corrected chi connectivity index (χ2v) is 5.09. The number of esters is 1. The number of nitrogens with two attached hydrogens (primary N) is 1. The molecule has 3 aromatic rings. The summed E-state index contributed by atoms with van der Waals surface area (Å²) in [5.41, 5.74) is 5.67. The van der Waals surface area contributed by atoms with Gasteiger partial charge in [-0.05, 0) is 30.5 Å². The van der Waals surface area contributed by atoms with Crippen molar-refractivity contribution in [1.82, 2.24) is 9.55 Å². The Hall–Kier alpha value is -3.09. The van der Waals surface area contributed by atoms with Crippen molar-refractivity contribution in [3.05, 3.63) is 51.0 Å². The Kier molecular flexibility index (Phi) is 3.61. The van der Waals surface area contributed by atoms with Crippen molar-refractivity contribution in [1.29, 1.82) is 0 Å². The third kappa shape index (κ3) is 2.57. The first-order valence-corrected chi connectivity index (χ1v) is 7.12. The van der Waals surface area contributed by atoms with Gasteiger partial charge in [0.1, 0.15) is 6.54 Å². The summed E-state index contributed by atoms with van der Waals surface area (Å²) < 4.78 is 6.02. The van der Waals surface area contributed by atoms with Gasteiger partial charge in [-0.1, -0.05) is 12.1 Å². The zero-order valence-electron chi connectivity index (χ0n) is 12.5. The number of fused-ring (bicyclic) bond motifs is 3. The number of hydrogen-bond acceptors (Lipinski definition) is 5. The van der Waals surface area contributed by atoms with Crippen LogP contribution in [0.15, 0.2) is 39.9 Å². The van der Waals surface area contributed by atoms with Crippen LogP contribution in [0.4, 0.5) is 5.69 Å². The topological polar surface area (TPSA) is 107 Å². The molecule has 0 saturated carbocycles. The number of carbonyl (C=O) groups is 1. The molecule has 0 fully saturated rings. The third-order valence-electron chi connectivity index (χ3n) is 3.57. The molecule has 0 radical (unpaired) electrons. The highest BCUT2D eigenvalue weighted by molar-refractivity contribution is 6.05. The highest BCUT2D eigenvalue weighted by Crippen LogP contribution is 2.24. The molecular weight excluding hydrogens is 298 g/mol. The number of anilines is 1. The lowest BCUT2D eigenvalue weighted by molar-refractivity contribution is -0.143. The van der Waals surface area contributed by atoms with Crippen LogP contribution in [0.2, 0.25) is 0 Å². The Morgan fingerprint density at radius 3 is 2.74 bits per heavy atom. The fourth-order valence-corrected chi connectivity index (χ4v) is 2.60. The molecule has 0 aliphatic carbocycles. The van der Waals surface area contributed by atoms with E-state index in [0.717, 1.165) is 9.95 Å². The lowest BCUT2D eigenvalue weighted by atomic mass is 10.1. The van der Waals surface area contributed by atoms with Gasteiger partial charge in [-0.2, -0.15) is 0 Å². The summed E-state index contributed by atoms with van der Waals surface area (Å²) in [6, 6.07) is 8.77. The number of nitrogen functional groups attached to an aromatic ring is 1.